The van der Waals surface area contributed by atoms with Crippen molar-refractivity contribution in [3.05, 3.63) is 12.2 Å². The van der Waals surface area contributed by atoms with E-state index < -0.39 is 40.5 Å². The van der Waals surface area contributed by atoms with Gasteiger partial charge in [-0.25, -0.2) is 0 Å². The lowest BCUT2D eigenvalue weighted by Crippen LogP contribution is -2.77. The molecular formula is C28H37NO7. The first-order valence-corrected chi connectivity index (χ1v) is 13.5. The average Bonchev–Trinajstić information content (AvgIpc) is 3.16. The summed E-state index contributed by atoms with van der Waals surface area (Å²) in [6.45, 7) is 14.0. The van der Waals surface area contributed by atoms with Crippen molar-refractivity contribution in [2.75, 3.05) is 6.54 Å². The Morgan fingerprint density at radius 2 is 1.75 bits per heavy atom. The van der Waals surface area contributed by atoms with Gasteiger partial charge < -0.3 is 19.3 Å². The molecule has 9 fully saturated rings. The number of rotatable bonds is 4. The van der Waals surface area contributed by atoms with Crippen molar-refractivity contribution in [1.29, 1.82) is 0 Å². The van der Waals surface area contributed by atoms with Crippen LogP contribution < -0.4 is 0 Å². The lowest BCUT2D eigenvalue weighted by molar-refractivity contribution is -0.287. The summed E-state index contributed by atoms with van der Waals surface area (Å²) >= 11 is 0. The molecular weight excluding hydrogens is 462 g/mol. The third-order valence-electron chi connectivity index (χ3n) is 11.6. The van der Waals surface area contributed by atoms with Gasteiger partial charge in [0.2, 0.25) is 0 Å². The quantitative estimate of drug-likeness (QED) is 0.357. The lowest BCUT2D eigenvalue weighted by atomic mass is 9.39. The van der Waals surface area contributed by atoms with Gasteiger partial charge in [-0.15, -0.1) is 0 Å². The van der Waals surface area contributed by atoms with E-state index >= 15 is 0 Å². The van der Waals surface area contributed by atoms with Crippen LogP contribution in [-0.2, 0) is 28.6 Å². The molecule has 2 spiro atoms. The summed E-state index contributed by atoms with van der Waals surface area (Å²) in [7, 11) is 0. The minimum Gasteiger partial charge on any atom is -0.462 e. The molecule has 9 aliphatic rings. The highest BCUT2D eigenvalue weighted by molar-refractivity contribution is 5.72. The Morgan fingerprint density at radius 3 is 2.39 bits per heavy atom. The monoisotopic (exact) mass is 499 g/mol. The molecule has 36 heavy (non-hydrogen) atoms. The normalized spacial score (nSPS) is 56.3. The van der Waals surface area contributed by atoms with Crippen LogP contribution in [0.15, 0.2) is 12.2 Å². The molecule has 0 radical (unpaired) electrons. The molecule has 9 bridgehead atoms. The summed E-state index contributed by atoms with van der Waals surface area (Å²) in [6.07, 6.45) is 1.28. The highest BCUT2D eigenvalue weighted by Gasteiger charge is 2.96. The van der Waals surface area contributed by atoms with Crippen LogP contribution in [0.5, 0.6) is 0 Å². The molecule has 8 heteroatoms. The summed E-state index contributed by atoms with van der Waals surface area (Å²) in [6, 6.07) is 0.0876. The molecule has 3 heterocycles. The Balaban J connectivity index is 1.43. The Labute approximate surface area is 211 Å². The van der Waals surface area contributed by atoms with Crippen molar-refractivity contribution in [1.82, 2.24) is 4.90 Å². The van der Waals surface area contributed by atoms with Gasteiger partial charge in [0.05, 0.1) is 11.8 Å². The van der Waals surface area contributed by atoms with Crippen LogP contribution in [0.4, 0.5) is 0 Å². The summed E-state index contributed by atoms with van der Waals surface area (Å²) in [4.78, 5) is 40.0. The number of fused-ring (bicyclic) bond motifs is 1. The van der Waals surface area contributed by atoms with Gasteiger partial charge in [-0.1, -0.05) is 32.9 Å². The molecule has 196 valence electrons. The standard InChI is InChI=1S/C28H37NO7/c1-12(2)23(32)36-16-8-25(6)11-29-17-10-26-7-13(3)18-19(34-14(4)30)21(26)27(9-16,20(17)25)24(29)28(26,33)22(18)35-15(5)31/h12,16-22,24,33H,3,7-11H2,1-2,4-6H3/t16-,17-,18+,19+,20+,21+,22+,24-,25-,26+,27-,28-/m0/s1. The van der Waals surface area contributed by atoms with Crippen LogP contribution >= 0.6 is 0 Å². The van der Waals surface area contributed by atoms with E-state index in [1.165, 1.54) is 13.8 Å². The predicted octanol–water partition coefficient (Wildman–Crippen LogP) is 2.23. The summed E-state index contributed by atoms with van der Waals surface area (Å²) in [5.41, 5.74) is -1.40. The number of carbonyl (C=O) groups is 3. The zero-order valence-electron chi connectivity index (χ0n) is 21.8. The summed E-state index contributed by atoms with van der Waals surface area (Å²) in [5.74, 6) is -1.48. The van der Waals surface area contributed by atoms with Crippen molar-refractivity contribution < 1.29 is 33.7 Å². The van der Waals surface area contributed by atoms with Gasteiger partial charge in [-0.2, -0.15) is 0 Å². The molecule has 3 aliphatic heterocycles. The van der Waals surface area contributed by atoms with E-state index in [4.69, 9.17) is 14.2 Å². The molecule has 1 N–H and O–H groups in total. The Morgan fingerprint density at radius 1 is 1.06 bits per heavy atom. The fourth-order valence-electron chi connectivity index (χ4n) is 11.6. The molecule has 0 amide bonds. The maximum atomic E-state index is 12.9. The summed E-state index contributed by atoms with van der Waals surface area (Å²) < 4.78 is 18.2. The molecule has 13 atom stereocenters. The number of piperidine rings is 2. The van der Waals surface area contributed by atoms with Gasteiger partial charge in [0.25, 0.3) is 0 Å². The first kappa shape index (κ1) is 23.2. The fourth-order valence-corrected chi connectivity index (χ4v) is 11.6. The van der Waals surface area contributed by atoms with Gasteiger partial charge >= 0.3 is 17.9 Å². The van der Waals surface area contributed by atoms with E-state index in [2.05, 4.69) is 18.4 Å². The second-order valence-electron chi connectivity index (χ2n) is 13.6. The maximum absolute atomic E-state index is 12.9. The number of carbonyl (C=O) groups excluding carboxylic acids is 3. The van der Waals surface area contributed by atoms with Gasteiger partial charge in [-0.05, 0) is 37.0 Å². The van der Waals surface area contributed by atoms with Gasteiger partial charge in [0.1, 0.15) is 23.9 Å². The second-order valence-corrected chi connectivity index (χ2v) is 13.6. The Bertz CT molecular complexity index is 1120. The van der Waals surface area contributed by atoms with Crippen LogP contribution in [-0.4, -0.2) is 70.5 Å². The van der Waals surface area contributed by atoms with E-state index in [1.54, 1.807) is 0 Å². The first-order chi connectivity index (χ1) is 16.8. The van der Waals surface area contributed by atoms with Crippen molar-refractivity contribution in [3.8, 4) is 0 Å². The van der Waals surface area contributed by atoms with Gasteiger partial charge in [0.15, 0.2) is 0 Å². The topological polar surface area (TPSA) is 102 Å². The third kappa shape index (κ3) is 2.22. The van der Waals surface area contributed by atoms with Crippen LogP contribution in [0.3, 0.4) is 0 Å². The molecule has 9 rings (SSSR count). The molecule has 0 aromatic heterocycles. The Hall–Kier alpha value is -1.93. The minimum atomic E-state index is -1.26. The average molecular weight is 500 g/mol. The van der Waals surface area contributed by atoms with E-state index in [1.807, 2.05) is 13.8 Å². The number of hydrogen-bond donors (Lipinski definition) is 1. The van der Waals surface area contributed by atoms with Gasteiger partial charge in [0, 0.05) is 49.2 Å². The molecule has 6 saturated carbocycles. The highest BCUT2D eigenvalue weighted by Crippen LogP contribution is 2.88. The largest absolute Gasteiger partial charge is 0.462 e. The highest BCUT2D eigenvalue weighted by atomic mass is 16.6. The summed E-state index contributed by atoms with van der Waals surface area (Å²) in [5, 5.41) is 12.9. The fraction of sp³-hybridized carbons (Fsp3) is 0.821. The predicted molar refractivity (Wildman–Crippen MR) is 126 cm³/mol. The molecule has 6 aliphatic carbocycles. The van der Waals surface area contributed by atoms with Gasteiger partial charge in [-0.3, -0.25) is 19.3 Å². The zero-order chi connectivity index (χ0) is 25.7. The third-order valence-corrected chi connectivity index (χ3v) is 11.6. The van der Waals surface area contributed by atoms with E-state index in [0.717, 1.165) is 25.0 Å². The van der Waals surface area contributed by atoms with Crippen LogP contribution in [0.1, 0.15) is 60.3 Å². The van der Waals surface area contributed by atoms with Crippen molar-refractivity contribution in [2.24, 2.45) is 39.9 Å². The van der Waals surface area contributed by atoms with E-state index in [9.17, 15) is 19.5 Å². The zero-order valence-corrected chi connectivity index (χ0v) is 21.8. The molecule has 3 saturated heterocycles. The number of hydrogen-bond acceptors (Lipinski definition) is 8. The number of ether oxygens (including phenoxy) is 3. The Kier molecular flexibility index (Phi) is 4.22. The number of nitrogens with zero attached hydrogens (tertiary/aromatic N) is 1. The molecule has 8 nitrogen and oxygen atoms in total. The van der Waals surface area contributed by atoms with E-state index in [0.29, 0.717) is 24.8 Å². The molecule has 1 unspecified atom stereocenters. The van der Waals surface area contributed by atoms with Crippen LogP contribution in [0.2, 0.25) is 0 Å². The smallest absolute Gasteiger partial charge is 0.308 e. The van der Waals surface area contributed by atoms with Crippen molar-refractivity contribution >= 4 is 17.9 Å². The van der Waals surface area contributed by atoms with Crippen molar-refractivity contribution in [3.63, 3.8) is 0 Å². The second kappa shape index (κ2) is 6.55. The molecule has 0 aromatic carbocycles. The number of esters is 3. The minimum absolute atomic E-state index is 0.0647. The van der Waals surface area contributed by atoms with Crippen molar-refractivity contribution in [2.45, 2.75) is 96.3 Å². The first-order valence-electron chi connectivity index (χ1n) is 13.5. The SMILES string of the molecule is C=C1C[C@@]23C[C@H]4[C@@H]5[C@@]6(C)C[C@H](OC(=O)C(C)C)C[C@@]57[C@@H]2[C@H](OC(C)=O)[C@@H]1[C@@H](OC(C)=O)[C@]3(O)[C@H]7N4C6. The van der Waals surface area contributed by atoms with Crippen LogP contribution in [0.25, 0.3) is 0 Å². The van der Waals surface area contributed by atoms with Crippen LogP contribution in [0, 0.1) is 39.9 Å². The lowest BCUT2D eigenvalue weighted by Gasteiger charge is -2.68. The number of aliphatic hydroxyl groups is 1. The maximum Gasteiger partial charge on any atom is 0.308 e. The molecule has 0 aromatic rings. The van der Waals surface area contributed by atoms with E-state index in [-0.39, 0.29) is 41.3 Å².